The van der Waals surface area contributed by atoms with Crippen LogP contribution in [0.3, 0.4) is 0 Å². The van der Waals surface area contributed by atoms with Gasteiger partial charge in [-0.15, -0.1) is 0 Å². The molecular weight excluding hydrogens is 198 g/mol. The van der Waals surface area contributed by atoms with Gasteiger partial charge in [-0.2, -0.15) is 0 Å². The number of imidazole rings is 1. The molecule has 3 heteroatoms. The Morgan fingerprint density at radius 3 is 2.56 bits per heavy atom. The minimum atomic E-state index is 0.656. The SMILES string of the molecule is CCC(CC)CNCC(C)Cn1ccnc1. The quantitative estimate of drug-likeness (QED) is 0.734. The number of nitrogens with one attached hydrogen (secondary N) is 1. The smallest absolute Gasteiger partial charge is 0.0946 e. The molecule has 0 fully saturated rings. The van der Waals surface area contributed by atoms with Gasteiger partial charge in [-0.1, -0.05) is 33.6 Å². The molecule has 0 bridgehead atoms. The van der Waals surface area contributed by atoms with Gasteiger partial charge in [-0.25, -0.2) is 4.98 Å². The van der Waals surface area contributed by atoms with E-state index < -0.39 is 0 Å². The van der Waals surface area contributed by atoms with Gasteiger partial charge in [0.25, 0.3) is 0 Å². The number of aromatic nitrogens is 2. The summed E-state index contributed by atoms with van der Waals surface area (Å²) >= 11 is 0. The molecule has 0 aliphatic carbocycles. The second kappa shape index (κ2) is 7.44. The molecule has 92 valence electrons. The first-order valence-corrected chi connectivity index (χ1v) is 6.42. The van der Waals surface area contributed by atoms with Gasteiger partial charge in [0, 0.05) is 18.9 Å². The summed E-state index contributed by atoms with van der Waals surface area (Å²) in [4.78, 5) is 4.05. The third-order valence-electron chi connectivity index (χ3n) is 3.16. The van der Waals surface area contributed by atoms with Crippen molar-refractivity contribution < 1.29 is 0 Å². The van der Waals surface area contributed by atoms with Gasteiger partial charge in [-0.05, 0) is 24.9 Å². The van der Waals surface area contributed by atoms with Crippen LogP contribution in [-0.2, 0) is 6.54 Å². The molecule has 0 aliphatic heterocycles. The van der Waals surface area contributed by atoms with E-state index in [0.717, 1.165) is 25.6 Å². The van der Waals surface area contributed by atoms with E-state index in [9.17, 15) is 0 Å². The zero-order valence-corrected chi connectivity index (χ0v) is 10.8. The molecule has 1 heterocycles. The molecule has 1 unspecified atom stereocenters. The van der Waals surface area contributed by atoms with E-state index >= 15 is 0 Å². The third kappa shape index (κ3) is 4.79. The molecule has 1 aromatic heterocycles. The zero-order valence-electron chi connectivity index (χ0n) is 10.8. The largest absolute Gasteiger partial charge is 0.337 e. The van der Waals surface area contributed by atoms with E-state index in [1.54, 1.807) is 0 Å². The maximum atomic E-state index is 4.05. The van der Waals surface area contributed by atoms with E-state index in [2.05, 4.69) is 35.6 Å². The Hall–Kier alpha value is -0.830. The lowest BCUT2D eigenvalue weighted by Crippen LogP contribution is -2.28. The van der Waals surface area contributed by atoms with Gasteiger partial charge in [0.05, 0.1) is 6.33 Å². The highest BCUT2D eigenvalue weighted by molar-refractivity contribution is 4.75. The van der Waals surface area contributed by atoms with Crippen molar-refractivity contribution in [1.82, 2.24) is 14.9 Å². The van der Waals surface area contributed by atoms with Crippen LogP contribution in [0.4, 0.5) is 0 Å². The highest BCUT2D eigenvalue weighted by Gasteiger charge is 2.05. The van der Waals surface area contributed by atoms with Crippen molar-refractivity contribution in [3.63, 3.8) is 0 Å². The minimum Gasteiger partial charge on any atom is -0.337 e. The zero-order chi connectivity index (χ0) is 11.8. The Labute approximate surface area is 99.3 Å². The van der Waals surface area contributed by atoms with Crippen LogP contribution in [0, 0.1) is 11.8 Å². The van der Waals surface area contributed by atoms with Crippen LogP contribution in [0.5, 0.6) is 0 Å². The average Bonchev–Trinajstić information content (AvgIpc) is 2.77. The predicted octanol–water partition coefficient (Wildman–Crippen LogP) is 2.55. The van der Waals surface area contributed by atoms with Gasteiger partial charge in [0.2, 0.25) is 0 Å². The molecule has 1 rings (SSSR count). The summed E-state index contributed by atoms with van der Waals surface area (Å²) in [6.07, 6.45) is 8.30. The summed E-state index contributed by atoms with van der Waals surface area (Å²) in [5.74, 6) is 1.49. The summed E-state index contributed by atoms with van der Waals surface area (Å²) in [6, 6.07) is 0. The molecule has 1 aromatic rings. The van der Waals surface area contributed by atoms with Crippen LogP contribution < -0.4 is 5.32 Å². The first kappa shape index (κ1) is 13.2. The van der Waals surface area contributed by atoms with E-state index in [0.29, 0.717) is 5.92 Å². The Kier molecular flexibility index (Phi) is 6.16. The molecule has 1 N–H and O–H groups in total. The molecule has 0 amide bonds. The van der Waals surface area contributed by atoms with Crippen LogP contribution in [0.15, 0.2) is 18.7 Å². The van der Waals surface area contributed by atoms with Crippen LogP contribution in [0.25, 0.3) is 0 Å². The summed E-state index contributed by atoms with van der Waals surface area (Å²) in [6.45, 7) is 10.1. The molecule has 3 nitrogen and oxygen atoms in total. The lowest BCUT2D eigenvalue weighted by molar-refractivity contribution is 0.397. The molecule has 0 radical (unpaired) electrons. The highest BCUT2D eigenvalue weighted by atomic mass is 15.0. The van der Waals surface area contributed by atoms with E-state index in [1.165, 1.54) is 12.8 Å². The van der Waals surface area contributed by atoms with E-state index in [1.807, 2.05) is 18.7 Å². The maximum Gasteiger partial charge on any atom is 0.0946 e. The molecule has 0 saturated carbocycles. The topological polar surface area (TPSA) is 29.9 Å². The Balaban J connectivity index is 2.13. The van der Waals surface area contributed by atoms with Crippen molar-refractivity contribution in [3.8, 4) is 0 Å². The van der Waals surface area contributed by atoms with Gasteiger partial charge >= 0.3 is 0 Å². The van der Waals surface area contributed by atoms with Crippen molar-refractivity contribution in [1.29, 1.82) is 0 Å². The number of hydrogen-bond acceptors (Lipinski definition) is 2. The van der Waals surface area contributed by atoms with Crippen molar-refractivity contribution in [2.45, 2.75) is 40.2 Å². The summed E-state index contributed by atoms with van der Waals surface area (Å²) in [5.41, 5.74) is 0. The van der Waals surface area contributed by atoms with Gasteiger partial charge in [0.15, 0.2) is 0 Å². The normalized spacial score (nSPS) is 13.2. The van der Waals surface area contributed by atoms with Crippen LogP contribution in [0.1, 0.15) is 33.6 Å². The Morgan fingerprint density at radius 2 is 2.00 bits per heavy atom. The lowest BCUT2D eigenvalue weighted by atomic mass is 10.0. The fourth-order valence-corrected chi connectivity index (χ4v) is 1.93. The fraction of sp³-hybridized carbons (Fsp3) is 0.769. The fourth-order valence-electron chi connectivity index (χ4n) is 1.93. The summed E-state index contributed by atoms with van der Waals surface area (Å²) in [7, 11) is 0. The number of nitrogens with zero attached hydrogens (tertiary/aromatic N) is 2. The molecule has 0 saturated heterocycles. The summed E-state index contributed by atoms with van der Waals surface area (Å²) < 4.78 is 2.14. The van der Waals surface area contributed by atoms with Crippen LogP contribution >= 0.6 is 0 Å². The maximum absolute atomic E-state index is 4.05. The Bertz CT molecular complexity index is 252. The number of hydrogen-bond donors (Lipinski definition) is 1. The van der Waals surface area contributed by atoms with E-state index in [4.69, 9.17) is 0 Å². The Morgan fingerprint density at radius 1 is 1.25 bits per heavy atom. The molecule has 1 atom stereocenters. The minimum absolute atomic E-state index is 0.656. The average molecular weight is 223 g/mol. The van der Waals surface area contributed by atoms with Crippen LogP contribution in [0.2, 0.25) is 0 Å². The molecule has 0 spiro atoms. The van der Waals surface area contributed by atoms with Crippen molar-refractivity contribution in [3.05, 3.63) is 18.7 Å². The summed E-state index contributed by atoms with van der Waals surface area (Å²) in [5, 5.41) is 3.57. The molecule has 0 aromatic carbocycles. The lowest BCUT2D eigenvalue weighted by Gasteiger charge is -2.17. The number of rotatable bonds is 8. The monoisotopic (exact) mass is 223 g/mol. The molecule has 16 heavy (non-hydrogen) atoms. The molecule has 0 aliphatic rings. The van der Waals surface area contributed by atoms with Crippen molar-refractivity contribution >= 4 is 0 Å². The first-order valence-electron chi connectivity index (χ1n) is 6.42. The van der Waals surface area contributed by atoms with Crippen LogP contribution in [-0.4, -0.2) is 22.6 Å². The van der Waals surface area contributed by atoms with Crippen molar-refractivity contribution in [2.75, 3.05) is 13.1 Å². The molecular formula is C13H25N3. The predicted molar refractivity (Wildman–Crippen MR) is 68.3 cm³/mol. The first-order chi connectivity index (χ1) is 7.76. The second-order valence-corrected chi connectivity index (χ2v) is 4.71. The standard InChI is InChI=1S/C13H25N3/c1-4-13(5-2)9-15-8-12(3)10-16-7-6-14-11-16/h6-7,11-13,15H,4-5,8-10H2,1-3H3. The van der Waals surface area contributed by atoms with Crippen molar-refractivity contribution in [2.24, 2.45) is 11.8 Å². The highest BCUT2D eigenvalue weighted by Crippen LogP contribution is 2.06. The third-order valence-corrected chi connectivity index (χ3v) is 3.16. The second-order valence-electron chi connectivity index (χ2n) is 4.71. The van der Waals surface area contributed by atoms with Gasteiger partial charge in [-0.3, -0.25) is 0 Å². The van der Waals surface area contributed by atoms with E-state index in [-0.39, 0.29) is 0 Å². The van der Waals surface area contributed by atoms with Gasteiger partial charge in [0.1, 0.15) is 0 Å². The van der Waals surface area contributed by atoms with Gasteiger partial charge < -0.3 is 9.88 Å².